The van der Waals surface area contributed by atoms with Crippen LogP contribution in [-0.2, 0) is 17.6 Å². The Morgan fingerprint density at radius 3 is 2.44 bits per heavy atom. The number of aromatic nitrogens is 2. The molecule has 0 unspecified atom stereocenters. The number of benzene rings is 2. The molecule has 0 aliphatic heterocycles. The van der Waals surface area contributed by atoms with E-state index in [4.69, 9.17) is 4.98 Å². The molecule has 1 N–H and O–H groups in total. The lowest BCUT2D eigenvalue weighted by Crippen LogP contribution is -2.19. The van der Waals surface area contributed by atoms with Gasteiger partial charge < -0.3 is 5.32 Å². The second kappa shape index (κ2) is 9.94. The zero-order valence-electron chi connectivity index (χ0n) is 17.6. The van der Waals surface area contributed by atoms with Crippen molar-refractivity contribution in [1.29, 1.82) is 0 Å². The van der Waals surface area contributed by atoms with E-state index in [1.54, 1.807) is 18.3 Å². The first-order valence-corrected chi connectivity index (χ1v) is 10.8. The Bertz CT molecular complexity index is 1100. The number of hydrogen-bond donors (Lipinski definition) is 1. The average Bonchev–Trinajstić information content (AvgIpc) is 2.79. The first-order valence-electron chi connectivity index (χ1n) is 10.8. The van der Waals surface area contributed by atoms with Gasteiger partial charge in [0, 0.05) is 5.56 Å². The van der Waals surface area contributed by atoms with Crippen molar-refractivity contribution in [2.75, 3.05) is 5.32 Å². The molecular weight excluding hydrogens is 415 g/mol. The van der Waals surface area contributed by atoms with Crippen LogP contribution in [0.15, 0.2) is 48.7 Å². The molecule has 166 valence electrons. The van der Waals surface area contributed by atoms with Gasteiger partial charge in [0.1, 0.15) is 5.82 Å². The van der Waals surface area contributed by atoms with Crippen molar-refractivity contribution in [2.45, 2.75) is 44.9 Å². The predicted octanol–water partition coefficient (Wildman–Crippen LogP) is 5.86. The molecule has 0 atom stereocenters. The molecule has 7 heteroatoms. The van der Waals surface area contributed by atoms with E-state index in [0.717, 1.165) is 30.5 Å². The molecule has 2 aromatic carbocycles. The minimum absolute atomic E-state index is 0.110. The number of rotatable bonds is 6. The molecule has 3 aromatic rings. The summed E-state index contributed by atoms with van der Waals surface area (Å²) >= 11 is 0. The highest BCUT2D eigenvalue weighted by Gasteiger charge is 2.19. The van der Waals surface area contributed by atoms with Crippen molar-refractivity contribution in [3.63, 3.8) is 0 Å². The average molecular weight is 439 g/mol. The van der Waals surface area contributed by atoms with Crippen LogP contribution in [0.25, 0.3) is 11.3 Å². The van der Waals surface area contributed by atoms with E-state index in [0.29, 0.717) is 35.1 Å². The van der Waals surface area contributed by atoms with Gasteiger partial charge in [0.05, 0.1) is 24.0 Å². The van der Waals surface area contributed by atoms with Crippen molar-refractivity contribution in [3.8, 4) is 11.3 Å². The van der Waals surface area contributed by atoms with Crippen molar-refractivity contribution in [3.05, 3.63) is 77.4 Å². The fraction of sp³-hybridized carbons (Fsp3) is 0.320. The van der Waals surface area contributed by atoms with Gasteiger partial charge in [-0.15, -0.1) is 0 Å². The van der Waals surface area contributed by atoms with Gasteiger partial charge in [0.2, 0.25) is 5.91 Å². The maximum atomic E-state index is 13.5. The maximum absolute atomic E-state index is 13.5. The van der Waals surface area contributed by atoms with E-state index in [1.165, 1.54) is 37.5 Å². The molecule has 1 saturated carbocycles. The Labute approximate surface area is 184 Å². The smallest absolute Gasteiger partial charge is 0.229 e. The summed E-state index contributed by atoms with van der Waals surface area (Å²) < 4.78 is 39.9. The van der Waals surface area contributed by atoms with E-state index < -0.39 is 11.6 Å². The van der Waals surface area contributed by atoms with Crippen LogP contribution >= 0.6 is 0 Å². The van der Waals surface area contributed by atoms with Crippen molar-refractivity contribution >= 4 is 11.7 Å². The third-order valence-corrected chi connectivity index (χ3v) is 5.80. The summed E-state index contributed by atoms with van der Waals surface area (Å²) in [4.78, 5) is 21.8. The first-order chi connectivity index (χ1) is 15.5. The Hall–Kier alpha value is -3.22. The van der Waals surface area contributed by atoms with Crippen LogP contribution in [0.3, 0.4) is 0 Å². The fourth-order valence-corrected chi connectivity index (χ4v) is 4.11. The number of amides is 1. The molecule has 0 bridgehead atoms. The molecule has 0 spiro atoms. The van der Waals surface area contributed by atoms with Crippen LogP contribution < -0.4 is 5.32 Å². The third kappa shape index (κ3) is 5.52. The molecule has 1 amide bonds. The van der Waals surface area contributed by atoms with Crippen LogP contribution in [-0.4, -0.2) is 15.9 Å². The first kappa shape index (κ1) is 22.0. The van der Waals surface area contributed by atoms with Crippen LogP contribution in [0.1, 0.15) is 43.4 Å². The molecule has 4 nitrogen and oxygen atoms in total. The number of carbonyl (C=O) groups excluding carboxylic acids is 1. The minimum Gasteiger partial charge on any atom is -0.309 e. The lowest BCUT2D eigenvalue weighted by molar-refractivity contribution is -0.115. The molecule has 1 aliphatic rings. The lowest BCUT2D eigenvalue weighted by atomic mass is 9.86. The summed E-state index contributed by atoms with van der Waals surface area (Å²) in [6.45, 7) is 0. The third-order valence-electron chi connectivity index (χ3n) is 5.80. The van der Waals surface area contributed by atoms with Crippen molar-refractivity contribution in [1.82, 2.24) is 9.97 Å². The number of nitrogens with zero attached hydrogens (tertiary/aromatic N) is 2. The van der Waals surface area contributed by atoms with E-state index in [-0.39, 0.29) is 18.1 Å². The largest absolute Gasteiger partial charge is 0.309 e. The molecule has 32 heavy (non-hydrogen) atoms. The topological polar surface area (TPSA) is 54.9 Å². The zero-order chi connectivity index (χ0) is 22.5. The Morgan fingerprint density at radius 2 is 1.72 bits per heavy atom. The quantitative estimate of drug-likeness (QED) is 0.523. The summed E-state index contributed by atoms with van der Waals surface area (Å²) in [5.41, 5.74) is 2.39. The second-order valence-corrected chi connectivity index (χ2v) is 8.24. The van der Waals surface area contributed by atoms with Gasteiger partial charge in [-0.05, 0) is 54.3 Å². The van der Waals surface area contributed by atoms with Gasteiger partial charge in [-0.25, -0.2) is 23.1 Å². The molecule has 0 saturated heterocycles. The predicted molar refractivity (Wildman–Crippen MR) is 116 cm³/mol. The Kier molecular flexibility index (Phi) is 6.83. The van der Waals surface area contributed by atoms with Gasteiger partial charge in [0.15, 0.2) is 17.5 Å². The normalized spacial score (nSPS) is 14.3. The number of nitrogens with one attached hydrogen (secondary N) is 1. The number of anilines is 1. The second-order valence-electron chi connectivity index (χ2n) is 8.24. The summed E-state index contributed by atoms with van der Waals surface area (Å²) in [7, 11) is 0. The highest BCUT2D eigenvalue weighted by atomic mass is 19.2. The van der Waals surface area contributed by atoms with Crippen LogP contribution in [0.2, 0.25) is 0 Å². The van der Waals surface area contributed by atoms with E-state index in [2.05, 4.69) is 10.3 Å². The van der Waals surface area contributed by atoms with E-state index in [9.17, 15) is 18.0 Å². The van der Waals surface area contributed by atoms with E-state index >= 15 is 0 Å². The summed E-state index contributed by atoms with van der Waals surface area (Å²) in [5, 5.41) is 2.78. The van der Waals surface area contributed by atoms with Gasteiger partial charge in [-0.3, -0.25) is 4.79 Å². The Balaban J connectivity index is 1.56. The van der Waals surface area contributed by atoms with Gasteiger partial charge in [0.25, 0.3) is 0 Å². The van der Waals surface area contributed by atoms with Crippen LogP contribution in [0, 0.1) is 23.4 Å². The molecule has 1 fully saturated rings. The zero-order valence-corrected chi connectivity index (χ0v) is 17.6. The molecular formula is C25H24F3N3O. The molecule has 1 heterocycles. The highest BCUT2D eigenvalue weighted by Crippen LogP contribution is 2.29. The fourth-order valence-electron chi connectivity index (χ4n) is 4.11. The van der Waals surface area contributed by atoms with E-state index in [1.807, 2.05) is 0 Å². The van der Waals surface area contributed by atoms with Crippen molar-refractivity contribution in [2.24, 2.45) is 5.92 Å². The summed E-state index contributed by atoms with van der Waals surface area (Å²) in [6.07, 6.45) is 7.90. The number of halogens is 3. The lowest BCUT2D eigenvalue weighted by Gasteiger charge is -2.22. The summed E-state index contributed by atoms with van der Waals surface area (Å²) in [6, 6.07) is 9.43. The van der Waals surface area contributed by atoms with Gasteiger partial charge in [-0.2, -0.15) is 0 Å². The van der Waals surface area contributed by atoms with Crippen molar-refractivity contribution < 1.29 is 18.0 Å². The highest BCUT2D eigenvalue weighted by molar-refractivity contribution is 5.92. The molecule has 1 aliphatic carbocycles. The van der Waals surface area contributed by atoms with Crippen LogP contribution in [0.5, 0.6) is 0 Å². The maximum Gasteiger partial charge on any atom is 0.229 e. The van der Waals surface area contributed by atoms with Gasteiger partial charge >= 0.3 is 0 Å². The SMILES string of the molecule is O=C(Cc1ccc(F)c(F)c1)Nc1ncc(-c2ccc(F)cc2)nc1CC1CCCCC1. The number of hydrogen-bond acceptors (Lipinski definition) is 3. The molecule has 0 radical (unpaired) electrons. The van der Waals surface area contributed by atoms with Crippen LogP contribution in [0.4, 0.5) is 19.0 Å². The molecule has 4 rings (SSSR count). The molecule has 1 aromatic heterocycles. The Morgan fingerprint density at radius 1 is 0.969 bits per heavy atom. The summed E-state index contributed by atoms with van der Waals surface area (Å²) in [5.74, 6) is -1.82. The number of carbonyl (C=O) groups is 1. The standard InChI is InChI=1S/C25H24F3N3O/c26-19-9-7-18(8-10-19)23-15-29-25(22(30-23)13-16-4-2-1-3-5-16)31-24(32)14-17-6-11-20(27)21(28)12-17/h6-12,15-16H,1-5,13-14H2,(H,29,31,32). The minimum atomic E-state index is -0.989. The monoisotopic (exact) mass is 439 g/mol. The van der Waals surface area contributed by atoms with Gasteiger partial charge in [-0.1, -0.05) is 38.2 Å².